The van der Waals surface area contributed by atoms with Crippen molar-refractivity contribution >= 4 is 24.6 Å². The average molecular weight is 180 g/mol. The Morgan fingerprint density at radius 1 is 1.42 bits per heavy atom. The van der Waals surface area contributed by atoms with E-state index in [9.17, 15) is 0 Å². The molecule has 0 saturated carbocycles. The number of thiophene rings is 1. The molecule has 1 nitrogen and oxygen atoms in total. The maximum Gasteiger partial charge on any atom is 0.166 e. The van der Waals surface area contributed by atoms with E-state index in [1.54, 1.807) is 18.4 Å². The third-order valence-electron chi connectivity index (χ3n) is 1.65. The molecular formula is C9H13BOS. The van der Waals surface area contributed by atoms with Gasteiger partial charge in [-0.2, -0.15) is 0 Å². The Morgan fingerprint density at radius 3 is 2.25 bits per heavy atom. The molecule has 0 bridgehead atoms. The summed E-state index contributed by atoms with van der Waals surface area (Å²) in [7, 11) is 7.38. The molecule has 0 saturated heterocycles. The van der Waals surface area contributed by atoms with Gasteiger partial charge in [-0.1, -0.05) is 26.8 Å². The summed E-state index contributed by atoms with van der Waals surface area (Å²) in [5.74, 6) is 0. The molecule has 0 aliphatic rings. The monoisotopic (exact) mass is 180 g/mol. The SMILES string of the molecule is [B]c1cc(C(C)(C)C)sc1OC. The molecule has 12 heavy (non-hydrogen) atoms. The van der Waals surface area contributed by atoms with Crippen LogP contribution in [0.5, 0.6) is 5.06 Å². The molecule has 64 valence electrons. The average Bonchev–Trinajstić information content (AvgIpc) is 2.29. The van der Waals surface area contributed by atoms with Crippen LogP contribution in [0.4, 0.5) is 0 Å². The van der Waals surface area contributed by atoms with Crippen molar-refractivity contribution in [1.82, 2.24) is 0 Å². The molecule has 0 aromatic carbocycles. The van der Waals surface area contributed by atoms with Gasteiger partial charge in [0, 0.05) is 4.88 Å². The first-order valence-corrected chi connectivity index (χ1v) is 4.70. The van der Waals surface area contributed by atoms with Crippen LogP contribution in [0.25, 0.3) is 0 Å². The van der Waals surface area contributed by atoms with Gasteiger partial charge < -0.3 is 4.74 Å². The summed E-state index contributed by atoms with van der Waals surface area (Å²) in [5, 5.41) is 0.819. The van der Waals surface area contributed by atoms with Crippen molar-refractivity contribution in [3.8, 4) is 5.06 Å². The molecule has 0 atom stereocenters. The fourth-order valence-corrected chi connectivity index (χ4v) is 1.87. The quantitative estimate of drug-likeness (QED) is 0.599. The van der Waals surface area contributed by atoms with Crippen LogP contribution in [0, 0.1) is 0 Å². The number of methoxy groups -OCH3 is 1. The summed E-state index contributed by atoms with van der Waals surface area (Å²) in [5.41, 5.74) is 0.905. The highest BCUT2D eigenvalue weighted by Gasteiger charge is 2.17. The lowest BCUT2D eigenvalue weighted by Crippen LogP contribution is -2.09. The second-order valence-electron chi connectivity index (χ2n) is 3.81. The zero-order valence-electron chi connectivity index (χ0n) is 7.97. The van der Waals surface area contributed by atoms with Crippen LogP contribution in [0.15, 0.2) is 6.07 Å². The summed E-state index contributed by atoms with van der Waals surface area (Å²) in [6, 6.07) is 1.99. The van der Waals surface area contributed by atoms with Crippen molar-refractivity contribution in [3.63, 3.8) is 0 Å². The van der Waals surface area contributed by atoms with E-state index < -0.39 is 0 Å². The lowest BCUT2D eigenvalue weighted by Gasteiger charge is -2.14. The van der Waals surface area contributed by atoms with Crippen LogP contribution >= 0.6 is 11.3 Å². The van der Waals surface area contributed by atoms with Crippen molar-refractivity contribution < 1.29 is 4.74 Å². The van der Waals surface area contributed by atoms with E-state index in [0.29, 0.717) is 0 Å². The van der Waals surface area contributed by atoms with E-state index in [1.807, 2.05) is 6.07 Å². The molecule has 1 aromatic rings. The zero-order valence-corrected chi connectivity index (χ0v) is 8.79. The number of ether oxygens (including phenoxy) is 1. The van der Waals surface area contributed by atoms with E-state index in [2.05, 4.69) is 20.8 Å². The van der Waals surface area contributed by atoms with Crippen LogP contribution in [-0.2, 0) is 5.41 Å². The minimum absolute atomic E-state index is 0.162. The van der Waals surface area contributed by atoms with E-state index in [0.717, 1.165) is 10.5 Å². The van der Waals surface area contributed by atoms with Gasteiger partial charge in [0.15, 0.2) is 5.06 Å². The van der Waals surface area contributed by atoms with E-state index in [1.165, 1.54) is 4.88 Å². The summed E-state index contributed by atoms with van der Waals surface area (Å²) in [4.78, 5) is 1.26. The van der Waals surface area contributed by atoms with E-state index >= 15 is 0 Å². The van der Waals surface area contributed by atoms with Crippen LogP contribution < -0.4 is 10.2 Å². The second kappa shape index (κ2) is 3.13. The van der Waals surface area contributed by atoms with E-state index in [4.69, 9.17) is 12.6 Å². The lowest BCUT2D eigenvalue weighted by atomic mass is 9.91. The lowest BCUT2D eigenvalue weighted by molar-refractivity contribution is 0.430. The third kappa shape index (κ3) is 1.83. The molecule has 2 radical (unpaired) electrons. The van der Waals surface area contributed by atoms with Gasteiger partial charge in [-0.05, 0) is 10.9 Å². The predicted octanol–water partition coefficient (Wildman–Crippen LogP) is 1.85. The zero-order chi connectivity index (χ0) is 9.35. The Bertz CT molecular complexity index is 273. The minimum atomic E-state index is 0.162. The smallest absolute Gasteiger partial charge is 0.166 e. The van der Waals surface area contributed by atoms with Crippen LogP contribution in [0.2, 0.25) is 0 Å². The molecule has 1 rings (SSSR count). The molecule has 0 spiro atoms. The molecule has 1 aromatic heterocycles. The summed E-state index contributed by atoms with van der Waals surface area (Å²) < 4.78 is 5.11. The number of hydrogen-bond acceptors (Lipinski definition) is 2. The molecule has 0 aliphatic carbocycles. The van der Waals surface area contributed by atoms with Gasteiger partial charge in [0.1, 0.15) is 7.85 Å². The fourth-order valence-electron chi connectivity index (χ4n) is 0.918. The third-order valence-corrected chi connectivity index (χ3v) is 3.19. The molecule has 0 aliphatic heterocycles. The Hall–Kier alpha value is -0.435. The summed E-state index contributed by atoms with van der Waals surface area (Å²) in [6.07, 6.45) is 0. The van der Waals surface area contributed by atoms with E-state index in [-0.39, 0.29) is 5.41 Å². The normalized spacial score (nSPS) is 11.7. The standard InChI is InChI=1S/C9H13BOS/c1-9(2,3)7-5-6(10)8(11-4)12-7/h5H,1-4H3. The van der Waals surface area contributed by atoms with Crippen molar-refractivity contribution in [2.75, 3.05) is 7.11 Å². The molecular weight excluding hydrogens is 167 g/mol. The van der Waals surface area contributed by atoms with Gasteiger partial charge in [-0.25, -0.2) is 0 Å². The second-order valence-corrected chi connectivity index (χ2v) is 4.82. The van der Waals surface area contributed by atoms with Crippen LogP contribution in [0.3, 0.4) is 0 Å². The molecule has 0 unspecified atom stereocenters. The van der Waals surface area contributed by atoms with Gasteiger partial charge in [-0.15, -0.1) is 11.3 Å². The van der Waals surface area contributed by atoms with Crippen molar-refractivity contribution in [3.05, 3.63) is 10.9 Å². The summed E-state index contributed by atoms with van der Waals surface area (Å²) >= 11 is 1.62. The Labute approximate surface area is 79.2 Å². The van der Waals surface area contributed by atoms with Gasteiger partial charge in [0.05, 0.1) is 7.11 Å². The van der Waals surface area contributed by atoms with Gasteiger partial charge in [0.2, 0.25) is 0 Å². The van der Waals surface area contributed by atoms with Crippen molar-refractivity contribution in [2.24, 2.45) is 0 Å². The molecule has 0 fully saturated rings. The van der Waals surface area contributed by atoms with Crippen LogP contribution in [0.1, 0.15) is 25.6 Å². The number of rotatable bonds is 1. The first kappa shape index (κ1) is 9.65. The highest BCUT2D eigenvalue weighted by molar-refractivity contribution is 7.15. The molecule has 1 heterocycles. The maximum absolute atomic E-state index is 5.73. The molecule has 0 amide bonds. The first-order valence-electron chi connectivity index (χ1n) is 3.89. The topological polar surface area (TPSA) is 9.23 Å². The highest BCUT2D eigenvalue weighted by Crippen LogP contribution is 2.31. The van der Waals surface area contributed by atoms with Gasteiger partial charge in [-0.3, -0.25) is 0 Å². The van der Waals surface area contributed by atoms with Gasteiger partial charge in [0.25, 0.3) is 0 Å². The van der Waals surface area contributed by atoms with Crippen molar-refractivity contribution in [2.45, 2.75) is 26.2 Å². The largest absolute Gasteiger partial charge is 0.488 e. The maximum atomic E-state index is 5.73. The fraction of sp³-hybridized carbons (Fsp3) is 0.556. The molecule has 3 heteroatoms. The predicted molar refractivity (Wildman–Crippen MR) is 55.0 cm³/mol. The Kier molecular flexibility index (Phi) is 2.52. The van der Waals surface area contributed by atoms with Gasteiger partial charge >= 0.3 is 0 Å². The van der Waals surface area contributed by atoms with Crippen molar-refractivity contribution in [1.29, 1.82) is 0 Å². The minimum Gasteiger partial charge on any atom is -0.488 e. The van der Waals surface area contributed by atoms with Crippen LogP contribution in [-0.4, -0.2) is 15.0 Å². The first-order chi connectivity index (χ1) is 5.45. The number of hydrogen-bond donors (Lipinski definition) is 0. The Morgan fingerprint density at radius 2 is 2.00 bits per heavy atom. The summed E-state index contributed by atoms with van der Waals surface area (Å²) in [6.45, 7) is 6.49. The molecule has 0 N–H and O–H groups in total. The highest BCUT2D eigenvalue weighted by atomic mass is 32.1. The Balaban J connectivity index is 3.05.